The van der Waals surface area contributed by atoms with E-state index in [-0.39, 0.29) is 0 Å². The molecule has 1 aliphatic heterocycles. The van der Waals surface area contributed by atoms with Crippen molar-refractivity contribution in [1.82, 2.24) is 19.9 Å². The van der Waals surface area contributed by atoms with Gasteiger partial charge in [0.2, 0.25) is 0 Å². The van der Waals surface area contributed by atoms with Crippen molar-refractivity contribution in [2.45, 2.75) is 13.1 Å². The summed E-state index contributed by atoms with van der Waals surface area (Å²) in [6.07, 6.45) is 0. The van der Waals surface area contributed by atoms with E-state index in [1.54, 1.807) is 0 Å². The predicted molar refractivity (Wildman–Crippen MR) is 263 cm³/mol. The number of fused-ring (bicyclic) bond motifs is 3. The maximum Gasteiger partial charge on any atom is 0.160 e. The molecule has 0 N–H and O–H groups in total. The third-order valence-electron chi connectivity index (χ3n) is 12.2. The van der Waals surface area contributed by atoms with Gasteiger partial charge in [0.25, 0.3) is 0 Å². The van der Waals surface area contributed by atoms with Crippen molar-refractivity contribution < 1.29 is 0 Å². The first-order chi connectivity index (χ1) is 31.0. The van der Waals surface area contributed by atoms with Gasteiger partial charge >= 0.3 is 0 Å². The molecule has 63 heavy (non-hydrogen) atoms. The highest BCUT2D eigenvalue weighted by Gasteiger charge is 2.41. The Morgan fingerprint density at radius 3 is 1.14 bits per heavy atom. The topological polar surface area (TPSA) is 51.6 Å². The zero-order valence-corrected chi connectivity index (χ0v) is 36.1. The van der Waals surface area contributed by atoms with E-state index in [0.29, 0.717) is 5.82 Å². The summed E-state index contributed by atoms with van der Waals surface area (Å²) in [4.78, 5) is 21.0. The van der Waals surface area contributed by atoms with E-state index in [4.69, 9.17) is 19.9 Å². The van der Waals surface area contributed by atoms with Crippen molar-refractivity contribution >= 4 is 18.6 Å². The third kappa shape index (κ3) is 7.18. The Bertz CT molecular complexity index is 3250. The fourth-order valence-electron chi connectivity index (χ4n) is 9.00. The van der Waals surface area contributed by atoms with E-state index in [2.05, 4.69) is 195 Å². The van der Waals surface area contributed by atoms with Crippen LogP contribution in [0, 0.1) is 0 Å². The van der Waals surface area contributed by atoms with Crippen LogP contribution in [0.25, 0.3) is 101 Å². The normalized spacial score (nSPS) is 12.4. The molecule has 0 aliphatic carbocycles. The Morgan fingerprint density at radius 2 is 0.667 bits per heavy atom. The molecule has 2 aromatic heterocycles. The number of hydrogen-bond acceptors (Lipinski definition) is 4. The zero-order chi connectivity index (χ0) is 42.3. The third-order valence-corrected chi connectivity index (χ3v) is 15.6. The Kier molecular flexibility index (Phi) is 9.60. The van der Waals surface area contributed by atoms with Gasteiger partial charge in [0.1, 0.15) is 8.07 Å². The highest BCUT2D eigenvalue weighted by molar-refractivity contribution is 7.03. The molecule has 5 heteroatoms. The van der Waals surface area contributed by atoms with Gasteiger partial charge in [-0.05, 0) is 74.5 Å². The second kappa shape index (κ2) is 15.9. The minimum absolute atomic E-state index is 0.695. The highest BCUT2D eigenvalue weighted by atomic mass is 28.3. The van der Waals surface area contributed by atoms with Gasteiger partial charge in [-0.1, -0.05) is 201 Å². The van der Waals surface area contributed by atoms with Gasteiger partial charge in [-0.2, -0.15) is 0 Å². The lowest BCUT2D eigenvalue weighted by atomic mass is 9.95. The Balaban J connectivity index is 0.931. The molecule has 0 spiro atoms. The number of rotatable bonds is 8. The summed E-state index contributed by atoms with van der Waals surface area (Å²) in [6, 6.07) is 77.0. The van der Waals surface area contributed by atoms with Crippen LogP contribution in [-0.2, 0) is 0 Å². The molecule has 0 saturated heterocycles. The van der Waals surface area contributed by atoms with Crippen molar-refractivity contribution in [1.29, 1.82) is 0 Å². The molecule has 8 aromatic carbocycles. The summed E-state index contributed by atoms with van der Waals surface area (Å²) in [6.45, 7) is 4.83. The molecule has 1 aliphatic rings. The van der Waals surface area contributed by atoms with E-state index in [0.717, 1.165) is 84.1 Å². The second-order valence-electron chi connectivity index (χ2n) is 16.7. The smallest absolute Gasteiger partial charge is 0.160 e. The van der Waals surface area contributed by atoms with E-state index in [1.165, 1.54) is 21.6 Å². The molecule has 4 nitrogen and oxygen atoms in total. The molecule has 11 rings (SSSR count). The molecule has 10 aromatic rings. The first-order valence-corrected chi connectivity index (χ1v) is 24.5. The van der Waals surface area contributed by atoms with E-state index >= 15 is 0 Å². The largest absolute Gasteiger partial charge is 0.237 e. The van der Waals surface area contributed by atoms with Gasteiger partial charge in [-0.3, -0.25) is 0 Å². The highest BCUT2D eigenvalue weighted by Crippen LogP contribution is 2.38. The molecule has 0 saturated carbocycles. The lowest BCUT2D eigenvalue weighted by molar-refractivity contribution is 1.18. The van der Waals surface area contributed by atoms with E-state index < -0.39 is 8.07 Å². The Morgan fingerprint density at radius 1 is 0.302 bits per heavy atom. The van der Waals surface area contributed by atoms with Gasteiger partial charge in [0, 0.05) is 38.7 Å². The molecule has 0 bridgehead atoms. The fraction of sp³-hybridized carbons (Fsp3) is 0.0345. The second-order valence-corrected chi connectivity index (χ2v) is 20.9. The Labute approximate surface area is 369 Å². The lowest BCUT2D eigenvalue weighted by Crippen LogP contribution is -2.50. The van der Waals surface area contributed by atoms with Crippen LogP contribution in [-0.4, -0.2) is 28.0 Å². The van der Waals surface area contributed by atoms with Crippen molar-refractivity contribution in [3.63, 3.8) is 0 Å². The first-order valence-electron chi connectivity index (χ1n) is 21.5. The predicted octanol–water partition coefficient (Wildman–Crippen LogP) is 13.4. The SMILES string of the molecule is C[Si]1(C)c2ccccc2-c2c(-c3ccccc3)nc(-c3cccc(-c4cccc(-c5cccc(-c6cccc(-c7nc(-c8ccccc8)cc(-c8ccccc8)n7)c6)c5)c4)c3)nc21. The average molecular weight is 823 g/mol. The van der Waals surface area contributed by atoms with Crippen LogP contribution < -0.4 is 10.5 Å². The van der Waals surface area contributed by atoms with Crippen LogP contribution in [0.5, 0.6) is 0 Å². The van der Waals surface area contributed by atoms with Crippen LogP contribution in [0.2, 0.25) is 13.1 Å². The quantitative estimate of drug-likeness (QED) is 0.143. The van der Waals surface area contributed by atoms with E-state index in [9.17, 15) is 0 Å². The molecule has 3 heterocycles. The lowest BCUT2D eigenvalue weighted by Gasteiger charge is -2.19. The summed E-state index contributed by atoms with van der Waals surface area (Å²) >= 11 is 0. The molecule has 0 unspecified atom stereocenters. The van der Waals surface area contributed by atoms with Gasteiger partial charge < -0.3 is 0 Å². The molecule has 0 radical (unpaired) electrons. The maximum atomic E-state index is 5.42. The molecular formula is C58H42N4Si. The molecule has 0 atom stereocenters. The van der Waals surface area contributed by atoms with Crippen LogP contribution >= 0.6 is 0 Å². The minimum atomic E-state index is -2.07. The van der Waals surface area contributed by atoms with Gasteiger partial charge in [-0.25, -0.2) is 19.9 Å². The number of hydrogen-bond donors (Lipinski definition) is 0. The van der Waals surface area contributed by atoms with Gasteiger partial charge in [0.15, 0.2) is 11.6 Å². The summed E-state index contributed by atoms with van der Waals surface area (Å²) in [5, 5.41) is 2.63. The average Bonchev–Trinajstić information content (AvgIpc) is 3.60. The number of benzene rings is 8. The fourth-order valence-corrected chi connectivity index (χ4v) is 11.9. The maximum absolute atomic E-state index is 5.42. The van der Waals surface area contributed by atoms with Crippen molar-refractivity contribution in [3.8, 4) is 101 Å². The summed E-state index contributed by atoms with van der Waals surface area (Å²) in [5.41, 5.74) is 17.2. The van der Waals surface area contributed by atoms with Crippen LogP contribution in [0.1, 0.15) is 0 Å². The molecular weight excluding hydrogens is 781 g/mol. The van der Waals surface area contributed by atoms with Crippen LogP contribution in [0.4, 0.5) is 0 Å². The van der Waals surface area contributed by atoms with Crippen LogP contribution in [0.3, 0.4) is 0 Å². The monoisotopic (exact) mass is 822 g/mol. The van der Waals surface area contributed by atoms with Gasteiger partial charge in [-0.15, -0.1) is 0 Å². The molecule has 0 fully saturated rings. The number of aromatic nitrogens is 4. The zero-order valence-electron chi connectivity index (χ0n) is 35.1. The minimum Gasteiger partial charge on any atom is -0.237 e. The number of nitrogens with zero attached hydrogens (tertiary/aromatic N) is 4. The van der Waals surface area contributed by atoms with Crippen molar-refractivity contribution in [2.75, 3.05) is 0 Å². The summed E-state index contributed by atoms with van der Waals surface area (Å²) in [7, 11) is -2.07. The Hall–Kier alpha value is -7.86. The molecule has 0 amide bonds. The van der Waals surface area contributed by atoms with E-state index in [1.807, 2.05) is 36.4 Å². The summed E-state index contributed by atoms with van der Waals surface area (Å²) < 4.78 is 0. The first kappa shape index (κ1) is 38.1. The van der Waals surface area contributed by atoms with Crippen molar-refractivity contribution in [2.24, 2.45) is 0 Å². The molecule has 298 valence electrons. The summed E-state index contributed by atoms with van der Waals surface area (Å²) in [5.74, 6) is 1.46. The van der Waals surface area contributed by atoms with Crippen molar-refractivity contribution in [3.05, 3.63) is 218 Å². The van der Waals surface area contributed by atoms with Gasteiger partial charge in [0.05, 0.1) is 17.1 Å². The van der Waals surface area contributed by atoms with Crippen LogP contribution in [0.15, 0.2) is 218 Å². The standard InChI is InChI=1S/C58H42N4Si/c1-63(2)53-33-13-12-32-50(53)54-55(41-22-10-5-11-23-41)61-57(62-58(54)63)49-31-17-29-47(37-49)45-27-15-25-43(35-45)42-24-14-26-44(34-42)46-28-16-30-48(36-46)56-59-51(39-18-6-3-7-19-39)38-52(60-56)40-20-8-4-9-21-40/h3-38H,1-2H3.